The summed E-state index contributed by atoms with van der Waals surface area (Å²) in [6.45, 7) is 1.81. The molecule has 3 rings (SSSR count). The molecule has 0 unspecified atom stereocenters. The summed E-state index contributed by atoms with van der Waals surface area (Å²) in [5.41, 5.74) is 0.0713. The normalized spacial score (nSPS) is 10.6. The fourth-order valence-electron chi connectivity index (χ4n) is 2.28. The Morgan fingerprint density at radius 1 is 1.24 bits per heavy atom. The highest BCUT2D eigenvalue weighted by Crippen LogP contribution is 2.30. The Kier molecular flexibility index (Phi) is 4.25. The smallest absolute Gasteiger partial charge is 0.411 e. The number of nitrogens with one attached hydrogen (secondary N) is 1. The van der Waals surface area contributed by atoms with Gasteiger partial charge in [0.1, 0.15) is 22.8 Å². The highest BCUT2D eigenvalue weighted by molar-refractivity contribution is 5.90. The van der Waals surface area contributed by atoms with Crippen molar-refractivity contribution in [3.05, 3.63) is 46.8 Å². The van der Waals surface area contributed by atoms with Crippen LogP contribution in [-0.2, 0) is 4.74 Å². The molecular formula is C17H14N2O6. The van der Waals surface area contributed by atoms with Gasteiger partial charge < -0.3 is 19.4 Å². The molecule has 0 radical (unpaired) electrons. The lowest BCUT2D eigenvalue weighted by Gasteiger charge is -2.10. The third kappa shape index (κ3) is 3.37. The molecule has 0 aliphatic heterocycles. The Labute approximate surface area is 141 Å². The lowest BCUT2D eigenvalue weighted by atomic mass is 10.1. The molecule has 128 valence electrons. The number of fused-ring (bicyclic) bond motifs is 1. The Balaban J connectivity index is 2.14. The maximum atomic E-state index is 12.3. The molecule has 2 aromatic heterocycles. The number of carbonyl (C=O) groups is 1. The second kappa shape index (κ2) is 6.52. The predicted octanol–water partition coefficient (Wildman–Crippen LogP) is 2.83. The lowest BCUT2D eigenvalue weighted by Crippen LogP contribution is -2.14. The summed E-state index contributed by atoms with van der Waals surface area (Å²) in [4.78, 5) is 27.9. The standard InChI is InChI=1S/C17H14N2O6/c1-2-24-17(23)19-12-5-10(21)8-18-16(12)15-7-13(22)11-4-3-9(20)6-14(11)25-15/h3-8,20-21H,2H2,1H3,(H,19,23). The zero-order valence-electron chi connectivity index (χ0n) is 13.1. The number of ether oxygens (including phenoxy) is 1. The molecule has 0 aliphatic rings. The van der Waals surface area contributed by atoms with Crippen molar-refractivity contribution in [3.63, 3.8) is 0 Å². The molecule has 0 saturated carbocycles. The number of nitrogens with zero attached hydrogens (tertiary/aromatic N) is 1. The maximum absolute atomic E-state index is 12.3. The molecule has 3 aromatic rings. The van der Waals surface area contributed by atoms with E-state index in [-0.39, 0.29) is 46.3 Å². The minimum absolute atomic E-state index is 0.0589. The summed E-state index contributed by atoms with van der Waals surface area (Å²) in [6, 6.07) is 6.61. The summed E-state index contributed by atoms with van der Waals surface area (Å²) >= 11 is 0. The zero-order valence-corrected chi connectivity index (χ0v) is 13.1. The molecule has 0 aliphatic carbocycles. The number of anilines is 1. The molecule has 2 heterocycles. The third-order valence-corrected chi connectivity index (χ3v) is 3.33. The van der Waals surface area contributed by atoms with Crippen molar-refractivity contribution in [2.75, 3.05) is 11.9 Å². The van der Waals surface area contributed by atoms with Crippen LogP contribution in [0.4, 0.5) is 10.5 Å². The largest absolute Gasteiger partial charge is 0.508 e. The van der Waals surface area contributed by atoms with Crippen molar-refractivity contribution in [2.45, 2.75) is 6.92 Å². The molecule has 0 atom stereocenters. The Morgan fingerprint density at radius 2 is 2.04 bits per heavy atom. The van der Waals surface area contributed by atoms with Gasteiger partial charge in [-0.15, -0.1) is 0 Å². The quantitative estimate of drug-likeness (QED) is 0.669. The number of hydrogen-bond acceptors (Lipinski definition) is 7. The number of rotatable bonds is 3. The monoisotopic (exact) mass is 342 g/mol. The molecule has 25 heavy (non-hydrogen) atoms. The number of pyridine rings is 1. The number of aromatic hydroxyl groups is 2. The molecule has 0 spiro atoms. The minimum Gasteiger partial charge on any atom is -0.508 e. The van der Waals surface area contributed by atoms with Gasteiger partial charge in [-0.1, -0.05) is 0 Å². The number of carbonyl (C=O) groups excluding carboxylic acids is 1. The number of hydrogen-bond donors (Lipinski definition) is 3. The van der Waals surface area contributed by atoms with Crippen LogP contribution in [0.3, 0.4) is 0 Å². The first-order valence-electron chi connectivity index (χ1n) is 7.38. The van der Waals surface area contributed by atoms with Crippen molar-refractivity contribution in [1.29, 1.82) is 0 Å². The summed E-state index contributed by atoms with van der Waals surface area (Å²) in [7, 11) is 0. The summed E-state index contributed by atoms with van der Waals surface area (Å²) in [5.74, 6) is -0.178. The van der Waals surface area contributed by atoms with Crippen LogP contribution in [0.1, 0.15) is 6.92 Å². The fourth-order valence-corrected chi connectivity index (χ4v) is 2.28. The Morgan fingerprint density at radius 3 is 2.80 bits per heavy atom. The molecule has 0 bridgehead atoms. The topological polar surface area (TPSA) is 122 Å². The van der Waals surface area contributed by atoms with E-state index in [0.717, 1.165) is 6.20 Å². The number of aromatic nitrogens is 1. The van der Waals surface area contributed by atoms with Gasteiger partial charge in [0.2, 0.25) is 0 Å². The average molecular weight is 342 g/mol. The number of phenols is 1. The number of benzene rings is 1. The molecule has 1 amide bonds. The SMILES string of the molecule is CCOC(=O)Nc1cc(O)cnc1-c1cc(=O)c2ccc(O)cc2o1. The molecule has 8 heteroatoms. The van der Waals surface area contributed by atoms with Crippen LogP contribution in [0.2, 0.25) is 0 Å². The van der Waals surface area contributed by atoms with Crippen LogP contribution >= 0.6 is 0 Å². The van der Waals surface area contributed by atoms with Gasteiger partial charge in [0.15, 0.2) is 11.2 Å². The van der Waals surface area contributed by atoms with Gasteiger partial charge in [0.25, 0.3) is 0 Å². The first kappa shape index (κ1) is 16.3. The van der Waals surface area contributed by atoms with Gasteiger partial charge in [-0.2, -0.15) is 0 Å². The predicted molar refractivity (Wildman–Crippen MR) is 89.7 cm³/mol. The molecular weight excluding hydrogens is 328 g/mol. The Hall–Kier alpha value is -3.55. The molecule has 8 nitrogen and oxygen atoms in total. The van der Waals surface area contributed by atoms with Crippen molar-refractivity contribution >= 4 is 22.7 Å². The van der Waals surface area contributed by atoms with Crippen LogP contribution in [-0.4, -0.2) is 27.9 Å². The zero-order chi connectivity index (χ0) is 18.0. The molecule has 3 N–H and O–H groups in total. The van der Waals surface area contributed by atoms with Crippen molar-refractivity contribution in [1.82, 2.24) is 4.98 Å². The highest BCUT2D eigenvalue weighted by Gasteiger charge is 2.16. The van der Waals surface area contributed by atoms with Crippen molar-refractivity contribution < 1.29 is 24.2 Å². The van der Waals surface area contributed by atoms with Gasteiger partial charge in [0, 0.05) is 18.2 Å². The first-order valence-corrected chi connectivity index (χ1v) is 7.38. The lowest BCUT2D eigenvalue weighted by molar-refractivity contribution is 0.168. The first-order chi connectivity index (χ1) is 12.0. The summed E-state index contributed by atoms with van der Waals surface area (Å²) in [6.07, 6.45) is 0.412. The van der Waals surface area contributed by atoms with Crippen LogP contribution < -0.4 is 10.7 Å². The van der Waals surface area contributed by atoms with Gasteiger partial charge in [-0.25, -0.2) is 9.78 Å². The van der Waals surface area contributed by atoms with E-state index in [2.05, 4.69) is 10.3 Å². The Bertz CT molecular complexity index is 1010. The van der Waals surface area contributed by atoms with E-state index in [1.54, 1.807) is 6.92 Å². The van der Waals surface area contributed by atoms with E-state index in [1.165, 1.54) is 30.3 Å². The van der Waals surface area contributed by atoms with Gasteiger partial charge >= 0.3 is 6.09 Å². The van der Waals surface area contributed by atoms with Gasteiger partial charge in [-0.3, -0.25) is 10.1 Å². The van der Waals surface area contributed by atoms with Crippen LogP contribution in [0.5, 0.6) is 11.5 Å². The fraction of sp³-hybridized carbons (Fsp3) is 0.118. The number of phenolic OH excluding ortho intramolecular Hbond substituents is 1. The van der Waals surface area contributed by atoms with E-state index in [9.17, 15) is 19.8 Å². The number of amides is 1. The van der Waals surface area contributed by atoms with Crippen LogP contribution in [0, 0.1) is 0 Å². The van der Waals surface area contributed by atoms with E-state index < -0.39 is 6.09 Å². The third-order valence-electron chi connectivity index (χ3n) is 3.33. The van der Waals surface area contributed by atoms with Gasteiger partial charge in [0.05, 0.1) is 23.9 Å². The van der Waals surface area contributed by atoms with E-state index in [0.29, 0.717) is 5.39 Å². The summed E-state index contributed by atoms with van der Waals surface area (Å²) < 4.78 is 10.4. The van der Waals surface area contributed by atoms with Crippen LogP contribution in [0.15, 0.2) is 45.7 Å². The molecule has 0 fully saturated rings. The van der Waals surface area contributed by atoms with Crippen molar-refractivity contribution in [3.8, 4) is 23.0 Å². The highest BCUT2D eigenvalue weighted by atomic mass is 16.5. The summed E-state index contributed by atoms with van der Waals surface area (Å²) in [5, 5.41) is 21.9. The van der Waals surface area contributed by atoms with E-state index in [1.807, 2.05) is 0 Å². The molecule has 1 aromatic carbocycles. The molecule has 0 saturated heterocycles. The van der Waals surface area contributed by atoms with E-state index >= 15 is 0 Å². The second-order valence-corrected chi connectivity index (χ2v) is 5.09. The minimum atomic E-state index is -0.739. The maximum Gasteiger partial charge on any atom is 0.411 e. The average Bonchev–Trinajstić information content (AvgIpc) is 2.54. The van der Waals surface area contributed by atoms with E-state index in [4.69, 9.17) is 9.15 Å². The van der Waals surface area contributed by atoms with Gasteiger partial charge in [-0.05, 0) is 19.1 Å². The van der Waals surface area contributed by atoms with Crippen LogP contribution in [0.25, 0.3) is 22.4 Å². The van der Waals surface area contributed by atoms with Crippen molar-refractivity contribution in [2.24, 2.45) is 0 Å². The second-order valence-electron chi connectivity index (χ2n) is 5.09.